The van der Waals surface area contributed by atoms with E-state index < -0.39 is 4.92 Å². The molecular weight excluding hydrogens is 194 g/mol. The Morgan fingerprint density at radius 3 is 2.85 bits per heavy atom. The van der Waals surface area contributed by atoms with Crippen molar-refractivity contribution in [2.24, 2.45) is 0 Å². The molecule has 1 aromatic carbocycles. The summed E-state index contributed by atoms with van der Waals surface area (Å²) < 4.78 is 4.98. The van der Waals surface area contributed by atoms with Gasteiger partial charge in [-0.15, -0.1) is 0 Å². The summed E-state index contributed by atoms with van der Waals surface area (Å²) in [5.74, 6) is 0. The molecule has 68 valence electrons. The molecule has 0 spiro atoms. The van der Waals surface area contributed by atoms with E-state index in [2.05, 4.69) is 0 Å². The highest BCUT2D eigenvalue weighted by Gasteiger charge is 2.33. The van der Waals surface area contributed by atoms with Crippen LogP contribution in [-0.4, -0.2) is 11.5 Å². The van der Waals surface area contributed by atoms with Gasteiger partial charge in [0.2, 0.25) is 0 Å². The third kappa shape index (κ3) is 1.50. The van der Waals surface area contributed by atoms with Gasteiger partial charge in [0.25, 0.3) is 5.69 Å². The highest BCUT2D eigenvalue weighted by molar-refractivity contribution is 6.31. The van der Waals surface area contributed by atoms with E-state index in [0.717, 1.165) is 0 Å². The lowest BCUT2D eigenvalue weighted by Crippen LogP contribution is -1.94. The Balaban J connectivity index is 2.53. The van der Waals surface area contributed by atoms with Gasteiger partial charge in [0.15, 0.2) is 0 Å². The molecule has 1 saturated heterocycles. The standard InChI is InChI=1S/C8H6ClNO3/c9-5-2-1-3-6(10(11)12)8(5)7-4-13-7/h1-3,7H,4H2/t7-/m1/s1. The summed E-state index contributed by atoms with van der Waals surface area (Å²) in [6.45, 7) is 0.518. The van der Waals surface area contributed by atoms with E-state index in [9.17, 15) is 10.1 Å². The van der Waals surface area contributed by atoms with Crippen LogP contribution in [0.1, 0.15) is 11.7 Å². The summed E-state index contributed by atoms with van der Waals surface area (Å²) in [6, 6.07) is 4.63. The number of nitro benzene ring substituents is 1. The molecule has 0 N–H and O–H groups in total. The van der Waals surface area contributed by atoms with Crippen molar-refractivity contribution in [2.75, 3.05) is 6.61 Å². The number of hydrogen-bond acceptors (Lipinski definition) is 3. The number of rotatable bonds is 2. The van der Waals surface area contributed by atoms with E-state index in [-0.39, 0.29) is 11.8 Å². The molecule has 5 heteroatoms. The molecule has 4 nitrogen and oxygen atoms in total. The molecule has 0 radical (unpaired) electrons. The summed E-state index contributed by atoms with van der Waals surface area (Å²) >= 11 is 5.82. The maximum Gasteiger partial charge on any atom is 0.276 e. The van der Waals surface area contributed by atoms with Crippen LogP contribution in [0.4, 0.5) is 5.69 Å². The Hall–Kier alpha value is -1.13. The number of halogens is 1. The SMILES string of the molecule is O=[N+]([O-])c1cccc(Cl)c1[C@H]1CO1. The van der Waals surface area contributed by atoms with Crippen molar-refractivity contribution in [1.29, 1.82) is 0 Å². The number of nitrogens with zero attached hydrogens (tertiary/aromatic N) is 1. The van der Waals surface area contributed by atoms with E-state index in [0.29, 0.717) is 17.2 Å². The van der Waals surface area contributed by atoms with Crippen molar-refractivity contribution >= 4 is 17.3 Å². The second-order valence-electron chi connectivity index (χ2n) is 2.75. The lowest BCUT2D eigenvalue weighted by molar-refractivity contribution is -0.385. The molecule has 1 aliphatic rings. The van der Waals surface area contributed by atoms with Crippen LogP contribution in [0.2, 0.25) is 5.02 Å². The number of hydrogen-bond donors (Lipinski definition) is 0. The average molecular weight is 200 g/mol. The molecule has 1 fully saturated rings. The van der Waals surface area contributed by atoms with Crippen LogP contribution < -0.4 is 0 Å². The predicted molar refractivity (Wildman–Crippen MR) is 46.8 cm³/mol. The maximum absolute atomic E-state index is 10.6. The molecule has 13 heavy (non-hydrogen) atoms. The van der Waals surface area contributed by atoms with Crippen LogP contribution in [0.15, 0.2) is 18.2 Å². The van der Waals surface area contributed by atoms with Crippen LogP contribution in [0.25, 0.3) is 0 Å². The Bertz CT molecular complexity index is 362. The molecular formula is C8H6ClNO3. The minimum atomic E-state index is -0.442. The van der Waals surface area contributed by atoms with Gasteiger partial charge in [-0.3, -0.25) is 10.1 Å². The quantitative estimate of drug-likeness (QED) is 0.417. The minimum Gasteiger partial charge on any atom is -0.368 e. The van der Waals surface area contributed by atoms with E-state index in [4.69, 9.17) is 16.3 Å². The van der Waals surface area contributed by atoms with Gasteiger partial charge in [0.1, 0.15) is 6.10 Å². The highest BCUT2D eigenvalue weighted by Crippen LogP contribution is 2.40. The monoisotopic (exact) mass is 199 g/mol. The van der Waals surface area contributed by atoms with Crippen LogP contribution in [0.3, 0.4) is 0 Å². The second-order valence-corrected chi connectivity index (χ2v) is 3.16. The fourth-order valence-electron chi connectivity index (χ4n) is 1.22. The first-order valence-electron chi connectivity index (χ1n) is 3.74. The molecule has 1 aromatic rings. The van der Waals surface area contributed by atoms with Gasteiger partial charge in [-0.05, 0) is 6.07 Å². The first-order chi connectivity index (χ1) is 6.20. The van der Waals surface area contributed by atoms with Gasteiger partial charge in [-0.25, -0.2) is 0 Å². The second kappa shape index (κ2) is 2.97. The van der Waals surface area contributed by atoms with E-state index >= 15 is 0 Å². The fraction of sp³-hybridized carbons (Fsp3) is 0.250. The van der Waals surface area contributed by atoms with Gasteiger partial charge in [-0.1, -0.05) is 17.7 Å². The molecule has 0 bridgehead atoms. The number of nitro groups is 1. The van der Waals surface area contributed by atoms with Crippen LogP contribution in [-0.2, 0) is 4.74 Å². The Kier molecular flexibility index (Phi) is 1.94. The predicted octanol–water partition coefficient (Wildman–Crippen LogP) is 2.32. The van der Waals surface area contributed by atoms with Crippen molar-refractivity contribution in [1.82, 2.24) is 0 Å². The summed E-state index contributed by atoms with van der Waals surface area (Å²) in [5.41, 5.74) is 0.532. The normalized spacial score (nSPS) is 19.9. The maximum atomic E-state index is 10.6. The van der Waals surface area contributed by atoms with Gasteiger partial charge in [-0.2, -0.15) is 0 Å². The Labute approximate surface area is 79.2 Å². The van der Waals surface area contributed by atoms with Crippen molar-refractivity contribution in [2.45, 2.75) is 6.10 Å². The Morgan fingerprint density at radius 2 is 2.31 bits per heavy atom. The zero-order chi connectivity index (χ0) is 9.42. The molecule has 0 aromatic heterocycles. The summed E-state index contributed by atoms with van der Waals surface area (Å²) in [5, 5.41) is 11.0. The molecule has 1 heterocycles. The number of epoxide rings is 1. The zero-order valence-corrected chi connectivity index (χ0v) is 7.32. The van der Waals surface area contributed by atoms with Crippen LogP contribution in [0.5, 0.6) is 0 Å². The van der Waals surface area contributed by atoms with Crippen molar-refractivity contribution < 1.29 is 9.66 Å². The molecule has 1 atom stereocenters. The number of benzene rings is 1. The van der Waals surface area contributed by atoms with E-state index in [1.54, 1.807) is 12.1 Å². The first kappa shape index (κ1) is 8.47. The Morgan fingerprint density at radius 1 is 1.62 bits per heavy atom. The number of ether oxygens (including phenoxy) is 1. The van der Waals surface area contributed by atoms with Gasteiger partial charge in [0, 0.05) is 6.07 Å². The lowest BCUT2D eigenvalue weighted by Gasteiger charge is -2.00. The van der Waals surface area contributed by atoms with Crippen molar-refractivity contribution in [3.05, 3.63) is 38.9 Å². The minimum absolute atomic E-state index is 0.0370. The zero-order valence-electron chi connectivity index (χ0n) is 6.57. The van der Waals surface area contributed by atoms with Crippen LogP contribution in [0, 0.1) is 10.1 Å². The highest BCUT2D eigenvalue weighted by atomic mass is 35.5. The van der Waals surface area contributed by atoms with Gasteiger partial charge >= 0.3 is 0 Å². The molecule has 0 amide bonds. The molecule has 0 aliphatic carbocycles. The summed E-state index contributed by atoms with van der Waals surface area (Å²) in [7, 11) is 0. The van der Waals surface area contributed by atoms with Crippen LogP contribution >= 0.6 is 11.6 Å². The summed E-state index contributed by atoms with van der Waals surface area (Å²) in [4.78, 5) is 10.2. The van der Waals surface area contributed by atoms with E-state index in [1.165, 1.54) is 6.07 Å². The first-order valence-corrected chi connectivity index (χ1v) is 4.12. The van der Waals surface area contributed by atoms with Gasteiger partial charge < -0.3 is 4.74 Å². The average Bonchev–Trinajstić information content (AvgIpc) is 2.86. The molecule has 0 unspecified atom stereocenters. The molecule has 1 aliphatic heterocycles. The fourth-order valence-corrected chi connectivity index (χ4v) is 1.51. The largest absolute Gasteiger partial charge is 0.368 e. The topological polar surface area (TPSA) is 55.7 Å². The smallest absolute Gasteiger partial charge is 0.276 e. The lowest BCUT2D eigenvalue weighted by atomic mass is 10.1. The third-order valence-electron chi connectivity index (χ3n) is 1.88. The van der Waals surface area contributed by atoms with Gasteiger partial charge in [0.05, 0.1) is 22.1 Å². The van der Waals surface area contributed by atoms with Crippen molar-refractivity contribution in [3.63, 3.8) is 0 Å². The van der Waals surface area contributed by atoms with Crippen molar-refractivity contribution in [3.8, 4) is 0 Å². The molecule has 0 saturated carbocycles. The molecule has 2 rings (SSSR count). The summed E-state index contributed by atoms with van der Waals surface area (Å²) in [6.07, 6.45) is -0.186. The third-order valence-corrected chi connectivity index (χ3v) is 2.21. The van der Waals surface area contributed by atoms with E-state index in [1.807, 2.05) is 0 Å².